The number of carboxylic acid groups (broad SMARTS) is 1. The lowest BCUT2D eigenvalue weighted by atomic mass is 10.2. The van der Waals surface area contributed by atoms with Crippen molar-refractivity contribution in [3.05, 3.63) is 28.2 Å². The van der Waals surface area contributed by atoms with Crippen LogP contribution in [0.25, 0.3) is 0 Å². The molecule has 0 fully saturated rings. The Morgan fingerprint density at radius 3 is 2.71 bits per heavy atom. The molecule has 0 saturated carbocycles. The van der Waals surface area contributed by atoms with Crippen molar-refractivity contribution >= 4 is 27.6 Å². The van der Waals surface area contributed by atoms with Crippen LogP contribution >= 0.6 is 15.9 Å². The molecule has 1 aromatic carbocycles. The third-order valence-electron chi connectivity index (χ3n) is 2.66. The molecule has 0 bridgehead atoms. The van der Waals surface area contributed by atoms with Gasteiger partial charge in [0.2, 0.25) is 0 Å². The zero-order valence-corrected chi connectivity index (χ0v) is 11.7. The maximum absolute atomic E-state index is 10.9. The van der Waals surface area contributed by atoms with E-state index in [0.717, 1.165) is 5.69 Å². The Balaban J connectivity index is 2.93. The summed E-state index contributed by atoms with van der Waals surface area (Å²) in [6.45, 7) is 2.66. The van der Waals surface area contributed by atoms with Crippen LogP contribution in [0.5, 0.6) is 0 Å². The van der Waals surface area contributed by atoms with Crippen LogP contribution in [0.3, 0.4) is 0 Å². The quantitative estimate of drug-likeness (QED) is 0.908. The van der Waals surface area contributed by atoms with Crippen LogP contribution in [-0.2, 0) is 4.74 Å². The number of benzene rings is 1. The Labute approximate surface area is 109 Å². The van der Waals surface area contributed by atoms with Crippen LogP contribution in [0.2, 0.25) is 0 Å². The van der Waals surface area contributed by atoms with Crippen LogP contribution in [0.1, 0.15) is 17.3 Å². The van der Waals surface area contributed by atoms with E-state index in [1.807, 2.05) is 18.9 Å². The normalized spacial score (nSPS) is 12.2. The molecule has 0 aromatic heterocycles. The number of rotatable bonds is 5. The second-order valence-corrected chi connectivity index (χ2v) is 4.74. The number of ether oxygens (including phenoxy) is 1. The first-order chi connectivity index (χ1) is 7.97. The molecule has 5 heteroatoms. The summed E-state index contributed by atoms with van der Waals surface area (Å²) in [5.41, 5.74) is 1.22. The highest BCUT2D eigenvalue weighted by Crippen LogP contribution is 2.24. The second kappa shape index (κ2) is 6.02. The smallest absolute Gasteiger partial charge is 0.336 e. The third kappa shape index (κ3) is 3.44. The summed E-state index contributed by atoms with van der Waals surface area (Å²) in [4.78, 5) is 12.9. The van der Waals surface area contributed by atoms with E-state index >= 15 is 0 Å². The van der Waals surface area contributed by atoms with Crippen molar-refractivity contribution in [3.8, 4) is 0 Å². The lowest BCUT2D eigenvalue weighted by Crippen LogP contribution is -2.32. The van der Waals surface area contributed by atoms with Crippen LogP contribution in [0.15, 0.2) is 22.7 Å². The third-order valence-corrected chi connectivity index (χ3v) is 3.32. The van der Waals surface area contributed by atoms with Crippen molar-refractivity contribution in [1.82, 2.24) is 0 Å². The average Bonchev–Trinajstić information content (AvgIpc) is 2.27. The van der Waals surface area contributed by atoms with Gasteiger partial charge in [-0.2, -0.15) is 0 Å². The first-order valence-electron chi connectivity index (χ1n) is 5.22. The topological polar surface area (TPSA) is 49.8 Å². The number of nitrogens with zero attached hydrogens (tertiary/aromatic N) is 1. The Hall–Kier alpha value is -1.07. The molecule has 94 valence electrons. The molecule has 17 heavy (non-hydrogen) atoms. The average molecular weight is 302 g/mol. The lowest BCUT2D eigenvalue weighted by molar-refractivity contribution is 0.0696. The van der Waals surface area contributed by atoms with E-state index in [0.29, 0.717) is 11.1 Å². The fraction of sp³-hybridized carbons (Fsp3) is 0.417. The molecule has 4 nitrogen and oxygen atoms in total. The van der Waals surface area contributed by atoms with Crippen molar-refractivity contribution in [3.63, 3.8) is 0 Å². The van der Waals surface area contributed by atoms with Gasteiger partial charge in [0.25, 0.3) is 0 Å². The number of carbonyl (C=O) groups is 1. The van der Waals surface area contributed by atoms with Crippen LogP contribution in [0.4, 0.5) is 5.69 Å². The largest absolute Gasteiger partial charge is 0.478 e. The molecule has 1 rings (SSSR count). The number of carboxylic acids is 1. The van der Waals surface area contributed by atoms with Gasteiger partial charge in [0.05, 0.1) is 12.2 Å². The number of aromatic carboxylic acids is 1. The number of likely N-dealkylation sites (N-methyl/N-ethyl adjacent to an activating group) is 1. The fourth-order valence-electron chi connectivity index (χ4n) is 1.50. The predicted octanol–water partition coefficient (Wildman–Crippen LogP) is 2.62. The minimum Gasteiger partial charge on any atom is -0.478 e. The zero-order valence-electron chi connectivity index (χ0n) is 10.1. The van der Waals surface area contributed by atoms with Gasteiger partial charge in [-0.05, 0) is 41.1 Å². The lowest BCUT2D eigenvalue weighted by Gasteiger charge is -2.26. The monoisotopic (exact) mass is 301 g/mol. The van der Waals surface area contributed by atoms with Gasteiger partial charge in [-0.3, -0.25) is 0 Å². The number of anilines is 1. The van der Waals surface area contributed by atoms with E-state index < -0.39 is 5.97 Å². The van der Waals surface area contributed by atoms with Gasteiger partial charge in [-0.1, -0.05) is 0 Å². The highest BCUT2D eigenvalue weighted by Gasteiger charge is 2.13. The van der Waals surface area contributed by atoms with Gasteiger partial charge >= 0.3 is 5.97 Å². The summed E-state index contributed by atoms with van der Waals surface area (Å²) in [7, 11) is 3.61. The van der Waals surface area contributed by atoms with E-state index in [4.69, 9.17) is 9.84 Å². The van der Waals surface area contributed by atoms with Crippen LogP contribution in [-0.4, -0.2) is 37.9 Å². The summed E-state index contributed by atoms with van der Waals surface area (Å²) < 4.78 is 5.67. The van der Waals surface area contributed by atoms with Gasteiger partial charge in [0.1, 0.15) is 0 Å². The van der Waals surface area contributed by atoms with Gasteiger partial charge in [0.15, 0.2) is 0 Å². The fourth-order valence-corrected chi connectivity index (χ4v) is 2.04. The minimum absolute atomic E-state index is 0.225. The number of hydrogen-bond acceptors (Lipinski definition) is 3. The standard InChI is InChI=1S/C12H16BrNO3/c1-8(7-17-3)14(2)9-4-5-10(12(15)16)11(13)6-9/h4-6,8H,7H2,1-3H3,(H,15,16). The summed E-state index contributed by atoms with van der Waals surface area (Å²) in [5, 5.41) is 8.92. The molecular formula is C12H16BrNO3. The van der Waals surface area contributed by atoms with Crippen LogP contribution < -0.4 is 4.90 Å². The summed E-state index contributed by atoms with van der Waals surface area (Å²) >= 11 is 3.27. The van der Waals surface area contributed by atoms with Gasteiger partial charge in [-0.15, -0.1) is 0 Å². The molecule has 0 radical (unpaired) electrons. The number of methoxy groups -OCH3 is 1. The van der Waals surface area contributed by atoms with Gasteiger partial charge in [-0.25, -0.2) is 4.79 Å². The minimum atomic E-state index is -0.934. The predicted molar refractivity (Wildman–Crippen MR) is 70.8 cm³/mol. The van der Waals surface area contributed by atoms with Crippen molar-refractivity contribution < 1.29 is 14.6 Å². The molecule has 0 amide bonds. The maximum Gasteiger partial charge on any atom is 0.336 e. The SMILES string of the molecule is COCC(C)N(C)c1ccc(C(=O)O)c(Br)c1. The molecule has 1 atom stereocenters. The highest BCUT2D eigenvalue weighted by atomic mass is 79.9. The Kier molecular flexibility index (Phi) is 4.96. The van der Waals surface area contributed by atoms with Crippen molar-refractivity contribution in [2.75, 3.05) is 25.7 Å². The summed E-state index contributed by atoms with van der Waals surface area (Å²) in [6.07, 6.45) is 0. The second-order valence-electron chi connectivity index (χ2n) is 3.88. The molecule has 0 aliphatic heterocycles. The van der Waals surface area contributed by atoms with E-state index in [-0.39, 0.29) is 11.6 Å². The first-order valence-corrected chi connectivity index (χ1v) is 6.01. The molecule has 0 spiro atoms. The van der Waals surface area contributed by atoms with Crippen molar-refractivity contribution in [2.24, 2.45) is 0 Å². The maximum atomic E-state index is 10.9. The molecular weight excluding hydrogens is 286 g/mol. The van der Waals surface area contributed by atoms with Gasteiger partial charge < -0.3 is 14.7 Å². The zero-order chi connectivity index (χ0) is 13.0. The Morgan fingerprint density at radius 2 is 2.24 bits per heavy atom. The molecule has 0 aliphatic rings. The summed E-state index contributed by atoms with van der Waals surface area (Å²) in [6, 6.07) is 5.41. The molecule has 1 unspecified atom stereocenters. The van der Waals surface area contributed by atoms with Gasteiger partial charge in [0, 0.05) is 30.4 Å². The highest BCUT2D eigenvalue weighted by molar-refractivity contribution is 9.10. The summed E-state index contributed by atoms with van der Waals surface area (Å²) in [5.74, 6) is -0.934. The van der Waals surface area contributed by atoms with E-state index in [1.54, 1.807) is 25.3 Å². The Morgan fingerprint density at radius 1 is 1.59 bits per heavy atom. The van der Waals surface area contributed by atoms with Crippen LogP contribution in [0, 0.1) is 0 Å². The Bertz CT molecular complexity index is 409. The molecule has 0 aliphatic carbocycles. The van der Waals surface area contributed by atoms with E-state index in [2.05, 4.69) is 15.9 Å². The van der Waals surface area contributed by atoms with Crippen molar-refractivity contribution in [2.45, 2.75) is 13.0 Å². The van der Waals surface area contributed by atoms with Crippen molar-refractivity contribution in [1.29, 1.82) is 0 Å². The molecule has 1 N–H and O–H groups in total. The van der Waals surface area contributed by atoms with E-state index in [9.17, 15) is 4.79 Å². The molecule has 0 heterocycles. The number of halogens is 1. The molecule has 1 aromatic rings. The van der Waals surface area contributed by atoms with E-state index in [1.165, 1.54) is 0 Å². The number of hydrogen-bond donors (Lipinski definition) is 1. The molecule has 0 saturated heterocycles. The first kappa shape index (κ1) is 14.0.